The van der Waals surface area contributed by atoms with Gasteiger partial charge in [-0.05, 0) is 64.8 Å². The summed E-state index contributed by atoms with van der Waals surface area (Å²) in [5, 5.41) is 17.4. The van der Waals surface area contributed by atoms with E-state index in [1.54, 1.807) is 0 Å². The number of ether oxygens (including phenoxy) is 2. The number of nitrogens with zero attached hydrogens (tertiary/aromatic N) is 2. The molecule has 0 amide bonds. The van der Waals surface area contributed by atoms with Gasteiger partial charge < -0.3 is 23.7 Å². The average molecular weight is 643 g/mol. The lowest BCUT2D eigenvalue weighted by Gasteiger charge is -2.37. The highest BCUT2D eigenvalue weighted by Crippen LogP contribution is 2.58. The van der Waals surface area contributed by atoms with Crippen LogP contribution < -0.4 is 0 Å². The first kappa shape index (κ1) is 29.4. The second-order valence-electron chi connectivity index (χ2n) is 13.5. The van der Waals surface area contributed by atoms with Gasteiger partial charge >= 0.3 is 5.97 Å². The molecule has 0 radical (unpaired) electrons. The summed E-state index contributed by atoms with van der Waals surface area (Å²) in [6.45, 7) is 10.6. The molecule has 1 saturated heterocycles. The fourth-order valence-electron chi connectivity index (χ4n) is 8.03. The van der Waals surface area contributed by atoms with Gasteiger partial charge in [0.25, 0.3) is 0 Å². The summed E-state index contributed by atoms with van der Waals surface area (Å²) in [6.07, 6.45) is 0.499. The summed E-state index contributed by atoms with van der Waals surface area (Å²) in [7, 11) is 1.31. The van der Waals surface area contributed by atoms with E-state index in [4.69, 9.17) is 9.47 Å². The molecule has 1 fully saturated rings. The van der Waals surface area contributed by atoms with Gasteiger partial charge in [-0.1, -0.05) is 39.8 Å². The molecule has 2 aliphatic heterocycles. The van der Waals surface area contributed by atoms with Crippen molar-refractivity contribution < 1.29 is 24.2 Å². The zero-order chi connectivity index (χ0) is 31.6. The van der Waals surface area contributed by atoms with E-state index in [1.807, 2.05) is 30.4 Å². The Labute approximate surface area is 270 Å². The van der Waals surface area contributed by atoms with Gasteiger partial charge in [-0.15, -0.1) is 0 Å². The molecule has 4 heterocycles. The molecular weight excluding hydrogens is 605 g/mol. The number of rotatable bonds is 7. The molecule has 0 unspecified atom stereocenters. The van der Waals surface area contributed by atoms with E-state index in [9.17, 15) is 14.7 Å². The SMILES string of the molecule is COC(=O)[C@@]1(O)C[C@H]2O[C@]1(C)n1c3ccc(CSC(C)C)cc3c3c4c(c5c6cc(CSC(C)C)ccc6n2c5c31)C(=O)CC4. The van der Waals surface area contributed by atoms with Crippen LogP contribution in [-0.2, 0) is 37.9 Å². The number of methoxy groups -OCH3 is 1. The van der Waals surface area contributed by atoms with Crippen molar-refractivity contribution in [3.8, 4) is 0 Å². The van der Waals surface area contributed by atoms with Gasteiger partial charge in [0.15, 0.2) is 11.5 Å². The number of aryl methyl sites for hydroxylation is 1. The molecule has 8 rings (SSSR count). The first-order valence-electron chi connectivity index (χ1n) is 15.8. The van der Waals surface area contributed by atoms with Crippen LogP contribution in [-0.4, -0.2) is 49.2 Å². The fraction of sp³-hybridized carbons (Fsp3) is 0.444. The zero-order valence-corrected chi connectivity index (χ0v) is 28.2. The van der Waals surface area contributed by atoms with Gasteiger partial charge in [-0.2, -0.15) is 23.5 Å². The van der Waals surface area contributed by atoms with Gasteiger partial charge in [-0.3, -0.25) is 4.79 Å². The van der Waals surface area contributed by atoms with Crippen molar-refractivity contribution in [2.45, 2.75) is 93.4 Å². The van der Waals surface area contributed by atoms with Gasteiger partial charge in [0.1, 0.15) is 6.23 Å². The van der Waals surface area contributed by atoms with Gasteiger partial charge in [-0.25, -0.2) is 4.79 Å². The van der Waals surface area contributed by atoms with Gasteiger partial charge in [0, 0.05) is 51.5 Å². The summed E-state index contributed by atoms with van der Waals surface area (Å²) < 4.78 is 16.4. The Hall–Kier alpha value is -2.98. The molecule has 1 N–H and O–H groups in total. The van der Waals surface area contributed by atoms with E-state index in [0.717, 1.165) is 66.2 Å². The monoisotopic (exact) mass is 642 g/mol. The summed E-state index contributed by atoms with van der Waals surface area (Å²) in [5.41, 5.74) is 4.53. The molecular formula is C36H38N2O5S2. The van der Waals surface area contributed by atoms with Crippen LogP contribution in [0.2, 0.25) is 0 Å². The van der Waals surface area contributed by atoms with Crippen LogP contribution in [0.25, 0.3) is 43.6 Å². The van der Waals surface area contributed by atoms with Crippen LogP contribution in [0.1, 0.15) is 80.7 Å². The normalized spacial score (nSPS) is 23.9. The highest BCUT2D eigenvalue weighted by Gasteiger charge is 2.65. The van der Waals surface area contributed by atoms with Crippen molar-refractivity contribution in [3.05, 3.63) is 58.7 Å². The third kappa shape index (κ3) is 3.87. The van der Waals surface area contributed by atoms with Crippen molar-refractivity contribution in [2.75, 3.05) is 7.11 Å². The van der Waals surface area contributed by atoms with Gasteiger partial charge in [0.05, 0.1) is 29.2 Å². The molecule has 3 aromatic carbocycles. The van der Waals surface area contributed by atoms with Crippen molar-refractivity contribution in [2.24, 2.45) is 0 Å². The van der Waals surface area contributed by atoms with Crippen LogP contribution in [0.5, 0.6) is 0 Å². The quantitative estimate of drug-likeness (QED) is 0.181. The lowest BCUT2D eigenvalue weighted by Crippen LogP contribution is -2.56. The fourth-order valence-corrected chi connectivity index (χ4v) is 9.44. The smallest absolute Gasteiger partial charge is 0.343 e. The van der Waals surface area contributed by atoms with E-state index in [-0.39, 0.29) is 12.2 Å². The number of thioether (sulfide) groups is 2. The van der Waals surface area contributed by atoms with E-state index in [1.165, 1.54) is 18.2 Å². The lowest BCUT2D eigenvalue weighted by molar-refractivity contribution is -0.202. The minimum absolute atomic E-state index is 0.0226. The van der Waals surface area contributed by atoms with E-state index >= 15 is 0 Å². The van der Waals surface area contributed by atoms with Crippen LogP contribution in [0.4, 0.5) is 0 Å². The third-order valence-corrected chi connectivity index (χ3v) is 12.4. The molecule has 0 spiro atoms. The number of aliphatic hydroxyl groups is 1. The molecule has 45 heavy (non-hydrogen) atoms. The number of hydrogen-bond acceptors (Lipinski definition) is 7. The Kier molecular flexibility index (Phi) is 6.54. The standard InChI is InChI=1S/C36H38N2O5S2/c1-18(2)44-16-20-7-10-25-23(13-20)31-30-22(9-12-27(30)39)29-24-14-21(17-45-19(3)4)8-11-26(24)38-33(29)32(31)37(25)28-15-36(41,34(40)42-6)35(38,5)43-28/h7-8,10-11,13-14,18-19,28,41H,9,12,15-17H2,1-6H3/t28-,35+,36+/m1/s1. The second-order valence-corrected chi connectivity index (χ2v) is 16.6. The Bertz CT molecular complexity index is 2110. The molecule has 2 aromatic heterocycles. The number of esters is 1. The van der Waals surface area contributed by atoms with Crippen molar-refractivity contribution in [3.63, 3.8) is 0 Å². The predicted octanol–water partition coefficient (Wildman–Crippen LogP) is 7.82. The Balaban J connectivity index is 1.56. The largest absolute Gasteiger partial charge is 0.467 e. The highest BCUT2D eigenvalue weighted by molar-refractivity contribution is 7.99. The molecule has 9 heteroatoms. The molecule has 3 aliphatic rings. The number of Topliss-reactive ketones (excluding diaryl/α,β-unsaturated/α-hetero) is 1. The van der Waals surface area contributed by atoms with E-state index in [0.29, 0.717) is 23.3 Å². The van der Waals surface area contributed by atoms with Crippen LogP contribution in [0.3, 0.4) is 0 Å². The van der Waals surface area contributed by atoms with Crippen LogP contribution in [0, 0.1) is 0 Å². The third-order valence-electron chi connectivity index (χ3n) is 10.1. The maximum atomic E-state index is 13.9. The number of ketones is 1. The molecule has 3 atom stereocenters. The van der Waals surface area contributed by atoms with Crippen LogP contribution in [0.15, 0.2) is 36.4 Å². The summed E-state index contributed by atoms with van der Waals surface area (Å²) in [6, 6.07) is 13.0. The number of carbonyl (C=O) groups is 2. The average Bonchev–Trinajstić information content (AvgIpc) is 3.70. The Morgan fingerprint density at radius 1 is 0.978 bits per heavy atom. The Morgan fingerprint density at radius 2 is 1.60 bits per heavy atom. The molecule has 2 bridgehead atoms. The van der Waals surface area contributed by atoms with E-state index in [2.05, 4.69) is 73.2 Å². The Morgan fingerprint density at radius 3 is 2.22 bits per heavy atom. The second kappa shape index (κ2) is 10.0. The summed E-state index contributed by atoms with van der Waals surface area (Å²) in [4.78, 5) is 27.4. The van der Waals surface area contributed by atoms with Gasteiger partial charge in [0.2, 0.25) is 5.60 Å². The maximum absolute atomic E-state index is 13.9. The molecule has 234 valence electrons. The number of fused-ring (bicyclic) bond motifs is 13. The lowest BCUT2D eigenvalue weighted by atomic mass is 9.88. The topological polar surface area (TPSA) is 82.7 Å². The van der Waals surface area contributed by atoms with Crippen molar-refractivity contribution in [1.29, 1.82) is 0 Å². The first-order valence-corrected chi connectivity index (χ1v) is 17.9. The summed E-state index contributed by atoms with van der Waals surface area (Å²) >= 11 is 3.78. The minimum atomic E-state index is -1.94. The van der Waals surface area contributed by atoms with Crippen LogP contribution >= 0.6 is 23.5 Å². The zero-order valence-electron chi connectivity index (χ0n) is 26.5. The van der Waals surface area contributed by atoms with Crippen molar-refractivity contribution >= 4 is 78.9 Å². The molecule has 1 aliphatic carbocycles. The first-order chi connectivity index (χ1) is 21.5. The highest BCUT2D eigenvalue weighted by atomic mass is 32.2. The minimum Gasteiger partial charge on any atom is -0.467 e. The number of hydrogen-bond donors (Lipinski definition) is 1. The number of aromatic nitrogens is 2. The molecule has 7 nitrogen and oxygen atoms in total. The number of benzene rings is 3. The summed E-state index contributed by atoms with van der Waals surface area (Å²) in [5.74, 6) is 1.19. The number of carbonyl (C=O) groups excluding carboxylic acids is 2. The molecule has 0 saturated carbocycles. The molecule has 5 aromatic rings. The maximum Gasteiger partial charge on any atom is 0.343 e. The predicted molar refractivity (Wildman–Crippen MR) is 183 cm³/mol. The van der Waals surface area contributed by atoms with Crippen molar-refractivity contribution in [1.82, 2.24) is 9.13 Å². The van der Waals surface area contributed by atoms with E-state index < -0.39 is 23.5 Å².